The molecule has 0 N–H and O–H groups in total. The van der Waals surface area contributed by atoms with Crippen LogP contribution in [0.25, 0.3) is 11.1 Å². The quantitative estimate of drug-likeness (QED) is 0.787. The number of thiophene rings is 1. The first-order valence-electron chi connectivity index (χ1n) is 6.35. The van der Waals surface area contributed by atoms with Gasteiger partial charge in [0.1, 0.15) is 11.4 Å². The second-order valence-corrected chi connectivity index (χ2v) is 6.14. The molecule has 0 amide bonds. The molecule has 1 aromatic heterocycles. The lowest BCUT2D eigenvalue weighted by Crippen LogP contribution is -2.23. The van der Waals surface area contributed by atoms with Gasteiger partial charge in [-0.1, -0.05) is 18.2 Å². The Morgan fingerprint density at radius 2 is 1.80 bits per heavy atom. The fourth-order valence-corrected chi connectivity index (χ4v) is 2.68. The molecule has 1 heterocycles. The van der Waals surface area contributed by atoms with Gasteiger partial charge in [-0.2, -0.15) is 11.3 Å². The lowest BCUT2D eigenvalue weighted by atomic mass is 10.0. The summed E-state index contributed by atoms with van der Waals surface area (Å²) in [6.07, 6.45) is 0. The van der Waals surface area contributed by atoms with Crippen molar-refractivity contribution in [2.45, 2.75) is 26.4 Å². The molecule has 1 aromatic carbocycles. The molecule has 0 unspecified atom stereocenters. The molecule has 2 aromatic rings. The maximum absolute atomic E-state index is 12.3. The van der Waals surface area contributed by atoms with Crippen molar-refractivity contribution in [3.63, 3.8) is 0 Å². The molecule has 0 saturated heterocycles. The summed E-state index contributed by atoms with van der Waals surface area (Å²) in [7, 11) is 1.62. The first-order valence-corrected chi connectivity index (χ1v) is 7.29. The minimum absolute atomic E-state index is 0.306. The average molecular weight is 290 g/mol. The van der Waals surface area contributed by atoms with Crippen molar-refractivity contribution in [3.05, 3.63) is 40.6 Å². The van der Waals surface area contributed by atoms with Gasteiger partial charge in [0.15, 0.2) is 0 Å². The van der Waals surface area contributed by atoms with E-state index in [1.165, 1.54) is 11.3 Å². The van der Waals surface area contributed by atoms with Gasteiger partial charge in [0, 0.05) is 16.5 Å². The van der Waals surface area contributed by atoms with E-state index in [9.17, 15) is 4.79 Å². The maximum atomic E-state index is 12.3. The minimum Gasteiger partial charge on any atom is -0.496 e. The van der Waals surface area contributed by atoms with Gasteiger partial charge in [-0.15, -0.1) is 0 Å². The van der Waals surface area contributed by atoms with Crippen LogP contribution in [0.2, 0.25) is 0 Å². The van der Waals surface area contributed by atoms with Crippen molar-refractivity contribution >= 4 is 17.3 Å². The topological polar surface area (TPSA) is 35.5 Å². The highest BCUT2D eigenvalue weighted by Gasteiger charge is 2.22. The summed E-state index contributed by atoms with van der Waals surface area (Å²) in [5.74, 6) is 0.440. The van der Waals surface area contributed by atoms with Crippen LogP contribution in [0.3, 0.4) is 0 Å². The van der Waals surface area contributed by atoms with Gasteiger partial charge < -0.3 is 9.47 Å². The number of ether oxygens (including phenoxy) is 2. The fourth-order valence-electron chi connectivity index (χ4n) is 1.86. The Bertz CT molecular complexity index is 608. The molecule has 0 radical (unpaired) electrons. The molecule has 0 saturated carbocycles. The summed E-state index contributed by atoms with van der Waals surface area (Å²) in [6.45, 7) is 5.58. The maximum Gasteiger partial charge on any atom is 0.340 e. The number of methoxy groups -OCH3 is 1. The summed E-state index contributed by atoms with van der Waals surface area (Å²) in [6, 6.07) is 7.65. The third-order valence-corrected chi connectivity index (χ3v) is 3.42. The molecular formula is C16H18O3S. The zero-order valence-corrected chi connectivity index (χ0v) is 12.9. The molecule has 0 atom stereocenters. The molecule has 2 rings (SSSR count). The normalized spacial score (nSPS) is 11.2. The first kappa shape index (κ1) is 14.6. The van der Waals surface area contributed by atoms with Gasteiger partial charge in [0.2, 0.25) is 0 Å². The Morgan fingerprint density at radius 3 is 2.45 bits per heavy atom. The second-order valence-electron chi connectivity index (χ2n) is 5.40. The Morgan fingerprint density at radius 1 is 1.10 bits per heavy atom. The summed E-state index contributed by atoms with van der Waals surface area (Å²) in [5.41, 5.74) is 1.82. The van der Waals surface area contributed by atoms with Crippen molar-refractivity contribution in [3.8, 4) is 16.9 Å². The molecule has 0 spiro atoms. The Labute approximate surface area is 123 Å². The van der Waals surface area contributed by atoms with E-state index in [-0.39, 0.29) is 5.97 Å². The molecule has 0 aliphatic rings. The van der Waals surface area contributed by atoms with Gasteiger partial charge >= 0.3 is 5.97 Å². The third kappa shape index (κ3) is 3.20. The molecule has 20 heavy (non-hydrogen) atoms. The smallest absolute Gasteiger partial charge is 0.340 e. The van der Waals surface area contributed by atoms with E-state index < -0.39 is 5.60 Å². The van der Waals surface area contributed by atoms with Crippen LogP contribution in [0.15, 0.2) is 35.0 Å². The SMILES string of the molecule is COc1ccccc1-c1cscc1C(=O)OC(C)(C)C. The van der Waals surface area contributed by atoms with Crippen LogP contribution < -0.4 is 4.74 Å². The lowest BCUT2D eigenvalue weighted by molar-refractivity contribution is 0.00711. The van der Waals surface area contributed by atoms with E-state index in [1.807, 2.05) is 55.8 Å². The van der Waals surface area contributed by atoms with Crippen LogP contribution in [-0.4, -0.2) is 18.7 Å². The number of hydrogen-bond donors (Lipinski definition) is 0. The largest absolute Gasteiger partial charge is 0.496 e. The number of esters is 1. The monoisotopic (exact) mass is 290 g/mol. The predicted molar refractivity (Wildman–Crippen MR) is 81.5 cm³/mol. The van der Waals surface area contributed by atoms with Gasteiger partial charge in [0.05, 0.1) is 12.7 Å². The summed E-state index contributed by atoms with van der Waals surface area (Å²) < 4.78 is 10.8. The number of rotatable bonds is 3. The van der Waals surface area contributed by atoms with E-state index in [2.05, 4.69) is 0 Å². The van der Waals surface area contributed by atoms with Gasteiger partial charge in [-0.05, 0) is 32.2 Å². The molecule has 4 heteroatoms. The summed E-state index contributed by atoms with van der Waals surface area (Å²) in [5, 5.41) is 3.76. The summed E-state index contributed by atoms with van der Waals surface area (Å²) >= 11 is 1.48. The zero-order chi connectivity index (χ0) is 14.8. The van der Waals surface area contributed by atoms with E-state index in [1.54, 1.807) is 7.11 Å². The molecule has 0 fully saturated rings. The van der Waals surface area contributed by atoms with Gasteiger partial charge in [0.25, 0.3) is 0 Å². The van der Waals surface area contributed by atoms with E-state index in [0.29, 0.717) is 5.56 Å². The van der Waals surface area contributed by atoms with Crippen LogP contribution in [0.5, 0.6) is 5.75 Å². The third-order valence-electron chi connectivity index (χ3n) is 2.68. The van der Waals surface area contributed by atoms with Crippen LogP contribution in [0, 0.1) is 0 Å². The minimum atomic E-state index is -0.503. The van der Waals surface area contributed by atoms with E-state index in [4.69, 9.17) is 9.47 Å². The highest BCUT2D eigenvalue weighted by molar-refractivity contribution is 7.08. The standard InChI is InChI=1S/C16H18O3S/c1-16(2,3)19-15(17)13-10-20-9-12(13)11-7-5-6-8-14(11)18-4/h5-10H,1-4H3. The number of carbonyl (C=O) groups is 1. The summed E-state index contributed by atoms with van der Waals surface area (Å²) in [4.78, 5) is 12.3. The molecule has 0 aliphatic heterocycles. The van der Waals surface area contributed by atoms with Crippen molar-refractivity contribution < 1.29 is 14.3 Å². The van der Waals surface area contributed by atoms with Crippen molar-refractivity contribution in [1.82, 2.24) is 0 Å². The van der Waals surface area contributed by atoms with Crippen LogP contribution in [0.4, 0.5) is 0 Å². The number of benzene rings is 1. The highest BCUT2D eigenvalue weighted by atomic mass is 32.1. The molecule has 0 aliphatic carbocycles. The highest BCUT2D eigenvalue weighted by Crippen LogP contribution is 2.35. The zero-order valence-electron chi connectivity index (χ0n) is 12.1. The lowest BCUT2D eigenvalue weighted by Gasteiger charge is -2.19. The van der Waals surface area contributed by atoms with Crippen LogP contribution in [0.1, 0.15) is 31.1 Å². The predicted octanol–water partition coefficient (Wildman–Crippen LogP) is 4.38. The van der Waals surface area contributed by atoms with Crippen molar-refractivity contribution in [1.29, 1.82) is 0 Å². The van der Waals surface area contributed by atoms with Crippen molar-refractivity contribution in [2.24, 2.45) is 0 Å². The second kappa shape index (κ2) is 5.67. The fraction of sp³-hybridized carbons (Fsp3) is 0.312. The van der Waals surface area contributed by atoms with E-state index in [0.717, 1.165) is 16.9 Å². The molecular weight excluding hydrogens is 272 g/mol. The van der Waals surface area contributed by atoms with E-state index >= 15 is 0 Å². The van der Waals surface area contributed by atoms with Crippen LogP contribution >= 0.6 is 11.3 Å². The van der Waals surface area contributed by atoms with Gasteiger partial charge in [-0.3, -0.25) is 0 Å². The van der Waals surface area contributed by atoms with Crippen LogP contribution in [-0.2, 0) is 4.74 Å². The first-order chi connectivity index (χ1) is 9.42. The number of para-hydroxylation sites is 1. The molecule has 0 bridgehead atoms. The molecule has 3 nitrogen and oxygen atoms in total. The Balaban J connectivity index is 2.41. The number of hydrogen-bond acceptors (Lipinski definition) is 4. The Hall–Kier alpha value is -1.81. The van der Waals surface area contributed by atoms with Gasteiger partial charge in [-0.25, -0.2) is 4.79 Å². The average Bonchev–Trinajstić information content (AvgIpc) is 2.85. The molecule has 106 valence electrons. The van der Waals surface area contributed by atoms with Crippen molar-refractivity contribution in [2.75, 3.05) is 7.11 Å². The Kier molecular flexibility index (Phi) is 4.14. The number of carbonyl (C=O) groups excluding carboxylic acids is 1.